The lowest BCUT2D eigenvalue weighted by Crippen LogP contribution is -2.14. The fraction of sp³-hybridized carbons (Fsp3) is 1.00. The molecule has 0 aromatic heterocycles. The van der Waals surface area contributed by atoms with Crippen LogP contribution in [0.3, 0.4) is 0 Å². The number of rotatable bonds is 2. The molecule has 1 saturated carbocycles. The van der Waals surface area contributed by atoms with Crippen molar-refractivity contribution >= 4 is 7.37 Å². The van der Waals surface area contributed by atoms with Crippen molar-refractivity contribution in [3.63, 3.8) is 0 Å². The Kier molecular flexibility index (Phi) is 3.11. The number of aliphatic hydroxyl groups is 1. The summed E-state index contributed by atoms with van der Waals surface area (Å²) in [4.78, 5) is 9.25. The standard InChI is InChI=1S/C7H15O3P/c8-6-11(9,10)7-4-2-1-3-5-7/h7-8H,1-6H2,(H,9,10). The van der Waals surface area contributed by atoms with Gasteiger partial charge in [-0.15, -0.1) is 0 Å². The Morgan fingerprint density at radius 1 is 1.27 bits per heavy atom. The Morgan fingerprint density at radius 3 is 2.27 bits per heavy atom. The fourth-order valence-corrected chi connectivity index (χ4v) is 3.00. The van der Waals surface area contributed by atoms with Crippen LogP contribution in [-0.4, -0.2) is 22.0 Å². The van der Waals surface area contributed by atoms with E-state index in [1.54, 1.807) is 0 Å². The second kappa shape index (κ2) is 3.70. The van der Waals surface area contributed by atoms with Gasteiger partial charge in [0.05, 0.1) is 0 Å². The molecule has 11 heavy (non-hydrogen) atoms. The highest BCUT2D eigenvalue weighted by Crippen LogP contribution is 2.50. The predicted molar refractivity (Wildman–Crippen MR) is 43.8 cm³/mol. The smallest absolute Gasteiger partial charge is 0.228 e. The lowest BCUT2D eigenvalue weighted by atomic mass is 10.0. The summed E-state index contributed by atoms with van der Waals surface area (Å²) >= 11 is 0. The van der Waals surface area contributed by atoms with Crippen molar-refractivity contribution in [2.45, 2.75) is 37.8 Å². The van der Waals surface area contributed by atoms with Crippen LogP contribution in [-0.2, 0) is 4.57 Å². The van der Waals surface area contributed by atoms with Crippen molar-refractivity contribution in [2.24, 2.45) is 0 Å². The summed E-state index contributed by atoms with van der Waals surface area (Å²) < 4.78 is 11.2. The van der Waals surface area contributed by atoms with Gasteiger partial charge >= 0.3 is 0 Å². The zero-order valence-corrected chi connectivity index (χ0v) is 7.46. The molecule has 1 aliphatic rings. The molecule has 2 N–H and O–H groups in total. The molecule has 0 amide bonds. The molecule has 0 aromatic carbocycles. The molecule has 0 spiro atoms. The van der Waals surface area contributed by atoms with Gasteiger partial charge in [0.1, 0.15) is 6.35 Å². The summed E-state index contributed by atoms with van der Waals surface area (Å²) in [6.07, 6.45) is 4.33. The molecule has 4 heteroatoms. The first-order chi connectivity index (χ1) is 5.17. The average Bonchev–Trinajstić information content (AvgIpc) is 2.06. The lowest BCUT2D eigenvalue weighted by Gasteiger charge is -2.24. The Hall–Kier alpha value is 0.150. The van der Waals surface area contributed by atoms with Gasteiger partial charge < -0.3 is 10.00 Å². The summed E-state index contributed by atoms with van der Waals surface area (Å²) in [5, 5.41) is 8.63. The van der Waals surface area contributed by atoms with Crippen LogP contribution in [0.1, 0.15) is 32.1 Å². The number of aliphatic hydroxyl groups excluding tert-OH is 1. The molecule has 1 fully saturated rings. The maximum atomic E-state index is 11.2. The SMILES string of the molecule is O=P(O)(CO)C1CCCCC1. The van der Waals surface area contributed by atoms with Crippen molar-refractivity contribution < 1.29 is 14.6 Å². The molecular weight excluding hydrogens is 163 g/mol. The maximum Gasteiger partial charge on any atom is 0.228 e. The van der Waals surface area contributed by atoms with Crippen LogP contribution in [0, 0.1) is 0 Å². The van der Waals surface area contributed by atoms with Gasteiger partial charge in [-0.3, -0.25) is 4.57 Å². The lowest BCUT2D eigenvalue weighted by molar-refractivity contribution is 0.320. The molecular formula is C7H15O3P. The Balaban J connectivity index is 2.51. The Bertz CT molecular complexity index is 163. The van der Waals surface area contributed by atoms with Crippen LogP contribution in [0.2, 0.25) is 0 Å². The van der Waals surface area contributed by atoms with Crippen molar-refractivity contribution in [3.8, 4) is 0 Å². The van der Waals surface area contributed by atoms with Gasteiger partial charge in [-0.1, -0.05) is 19.3 Å². The molecule has 1 rings (SSSR count). The maximum absolute atomic E-state index is 11.2. The minimum Gasteiger partial charge on any atom is -0.386 e. The zero-order chi connectivity index (χ0) is 8.32. The normalized spacial score (nSPS) is 26.4. The highest BCUT2D eigenvalue weighted by atomic mass is 31.2. The Morgan fingerprint density at radius 2 is 1.82 bits per heavy atom. The van der Waals surface area contributed by atoms with E-state index in [9.17, 15) is 9.46 Å². The molecule has 1 aliphatic carbocycles. The fourth-order valence-electron chi connectivity index (χ4n) is 1.60. The van der Waals surface area contributed by atoms with Gasteiger partial charge in [0.25, 0.3) is 0 Å². The highest BCUT2D eigenvalue weighted by molar-refractivity contribution is 7.58. The van der Waals surface area contributed by atoms with Crippen molar-refractivity contribution in [1.29, 1.82) is 0 Å². The van der Waals surface area contributed by atoms with Crippen molar-refractivity contribution in [2.75, 3.05) is 6.35 Å². The van der Waals surface area contributed by atoms with Gasteiger partial charge in [0.2, 0.25) is 7.37 Å². The molecule has 0 aromatic rings. The zero-order valence-electron chi connectivity index (χ0n) is 6.57. The summed E-state index contributed by atoms with van der Waals surface area (Å²) in [7, 11) is -3.19. The Labute approximate surface area is 66.9 Å². The minimum absolute atomic E-state index is 0.124. The van der Waals surface area contributed by atoms with Crippen molar-refractivity contribution in [1.82, 2.24) is 0 Å². The second-order valence-electron chi connectivity index (χ2n) is 3.19. The number of hydrogen-bond acceptors (Lipinski definition) is 2. The molecule has 1 unspecified atom stereocenters. The molecule has 1 atom stereocenters. The van der Waals surface area contributed by atoms with Gasteiger partial charge in [0, 0.05) is 5.66 Å². The van der Waals surface area contributed by atoms with Crippen molar-refractivity contribution in [3.05, 3.63) is 0 Å². The van der Waals surface area contributed by atoms with E-state index >= 15 is 0 Å². The molecule has 0 aliphatic heterocycles. The third-order valence-corrected chi connectivity index (χ3v) is 4.41. The third kappa shape index (κ3) is 2.29. The monoisotopic (exact) mass is 178 g/mol. The summed E-state index contributed by atoms with van der Waals surface area (Å²) in [5.41, 5.74) is -0.124. The van der Waals surface area contributed by atoms with Crippen LogP contribution in [0.5, 0.6) is 0 Å². The molecule has 0 saturated heterocycles. The van der Waals surface area contributed by atoms with Crippen LogP contribution >= 0.6 is 7.37 Å². The van der Waals surface area contributed by atoms with Crippen LogP contribution in [0.15, 0.2) is 0 Å². The van der Waals surface area contributed by atoms with E-state index in [0.29, 0.717) is 0 Å². The van der Waals surface area contributed by atoms with E-state index in [1.165, 1.54) is 6.42 Å². The topological polar surface area (TPSA) is 57.5 Å². The second-order valence-corrected chi connectivity index (χ2v) is 5.71. The van der Waals surface area contributed by atoms with Gasteiger partial charge in [-0.2, -0.15) is 0 Å². The first kappa shape index (κ1) is 9.24. The van der Waals surface area contributed by atoms with E-state index in [2.05, 4.69) is 0 Å². The number of hydrogen-bond donors (Lipinski definition) is 2. The third-order valence-electron chi connectivity index (χ3n) is 2.35. The largest absolute Gasteiger partial charge is 0.386 e. The summed E-state index contributed by atoms with van der Waals surface area (Å²) in [6.45, 7) is 0. The first-order valence-corrected chi connectivity index (χ1v) is 6.00. The van der Waals surface area contributed by atoms with Gasteiger partial charge in [-0.25, -0.2) is 0 Å². The van der Waals surface area contributed by atoms with Crippen LogP contribution < -0.4 is 0 Å². The van der Waals surface area contributed by atoms with E-state index in [0.717, 1.165) is 25.7 Å². The van der Waals surface area contributed by atoms with Gasteiger partial charge in [-0.05, 0) is 12.8 Å². The highest BCUT2D eigenvalue weighted by Gasteiger charge is 2.30. The van der Waals surface area contributed by atoms with E-state index in [-0.39, 0.29) is 5.66 Å². The quantitative estimate of drug-likeness (QED) is 0.630. The summed E-state index contributed by atoms with van der Waals surface area (Å²) in [5.74, 6) is 0. The predicted octanol–water partition coefficient (Wildman–Crippen LogP) is 1.54. The first-order valence-electron chi connectivity index (χ1n) is 4.09. The van der Waals surface area contributed by atoms with Crippen LogP contribution in [0.25, 0.3) is 0 Å². The summed E-state index contributed by atoms with van der Waals surface area (Å²) in [6, 6.07) is 0. The van der Waals surface area contributed by atoms with E-state index in [4.69, 9.17) is 5.11 Å². The minimum atomic E-state index is -3.19. The molecule has 0 bridgehead atoms. The average molecular weight is 178 g/mol. The molecule has 66 valence electrons. The van der Waals surface area contributed by atoms with Crippen LogP contribution in [0.4, 0.5) is 0 Å². The molecule has 0 heterocycles. The van der Waals surface area contributed by atoms with Gasteiger partial charge in [0.15, 0.2) is 0 Å². The molecule has 3 nitrogen and oxygen atoms in total. The molecule has 0 radical (unpaired) electrons. The van der Waals surface area contributed by atoms with E-state index in [1.807, 2.05) is 0 Å². The van der Waals surface area contributed by atoms with E-state index < -0.39 is 13.7 Å².